The minimum atomic E-state index is -0.311. The number of hydrogen-bond acceptors (Lipinski definition) is 3. The van der Waals surface area contributed by atoms with E-state index in [-0.39, 0.29) is 30.2 Å². The van der Waals surface area contributed by atoms with Gasteiger partial charge in [-0.1, -0.05) is 18.9 Å². The first-order valence-corrected chi connectivity index (χ1v) is 9.96. The number of rotatable bonds is 4. The van der Waals surface area contributed by atoms with Crippen molar-refractivity contribution < 1.29 is 9.18 Å². The van der Waals surface area contributed by atoms with Gasteiger partial charge in [-0.3, -0.25) is 4.79 Å². The monoisotopic (exact) mass is 406 g/mol. The zero-order valence-electron chi connectivity index (χ0n) is 16.2. The Kier molecular flexibility index (Phi) is 6.40. The third-order valence-corrected chi connectivity index (χ3v) is 6.00. The van der Waals surface area contributed by atoms with E-state index in [4.69, 9.17) is 5.73 Å². The van der Waals surface area contributed by atoms with Crippen LogP contribution in [0.15, 0.2) is 18.2 Å². The molecule has 5 nitrogen and oxygen atoms in total. The van der Waals surface area contributed by atoms with Gasteiger partial charge in [-0.2, -0.15) is 5.10 Å². The molecule has 1 fully saturated rings. The second kappa shape index (κ2) is 8.62. The van der Waals surface area contributed by atoms with Crippen LogP contribution in [0, 0.1) is 18.7 Å². The number of nitrogens with one attached hydrogen (secondary N) is 1. The molecule has 1 heterocycles. The summed E-state index contributed by atoms with van der Waals surface area (Å²) in [6.07, 6.45) is 6.91. The summed E-state index contributed by atoms with van der Waals surface area (Å²) in [5.74, 6) is -0.133. The van der Waals surface area contributed by atoms with Crippen LogP contribution in [0.3, 0.4) is 0 Å². The normalized spacial score (nSPS) is 21.1. The molecular formula is C21H28ClFN4O. The van der Waals surface area contributed by atoms with Crippen LogP contribution in [0.5, 0.6) is 0 Å². The minimum Gasteiger partial charge on any atom is -0.348 e. The molecule has 1 amide bonds. The quantitative estimate of drug-likeness (QED) is 0.816. The van der Waals surface area contributed by atoms with E-state index in [2.05, 4.69) is 10.4 Å². The van der Waals surface area contributed by atoms with Crippen LogP contribution in [-0.2, 0) is 12.8 Å². The second-order valence-electron chi connectivity index (χ2n) is 7.85. The molecule has 0 radical (unpaired) electrons. The molecule has 0 spiro atoms. The molecule has 152 valence electrons. The highest BCUT2D eigenvalue weighted by Gasteiger charge is 2.31. The minimum absolute atomic E-state index is 0. The molecule has 2 unspecified atom stereocenters. The maximum Gasteiger partial charge on any atom is 0.272 e. The summed E-state index contributed by atoms with van der Waals surface area (Å²) < 4.78 is 16.1. The van der Waals surface area contributed by atoms with Crippen molar-refractivity contribution in [3.05, 3.63) is 46.5 Å². The molecule has 1 aromatic heterocycles. The summed E-state index contributed by atoms with van der Waals surface area (Å²) in [4.78, 5) is 13.0. The maximum atomic E-state index is 14.5. The molecule has 28 heavy (non-hydrogen) atoms. The number of amides is 1. The van der Waals surface area contributed by atoms with Crippen LogP contribution in [0.2, 0.25) is 0 Å². The van der Waals surface area contributed by atoms with Gasteiger partial charge in [-0.25, -0.2) is 9.07 Å². The van der Waals surface area contributed by atoms with E-state index in [0.29, 0.717) is 23.8 Å². The lowest BCUT2D eigenvalue weighted by Crippen LogP contribution is -2.45. The molecule has 2 aliphatic rings. The smallest absolute Gasteiger partial charge is 0.272 e. The van der Waals surface area contributed by atoms with Crippen molar-refractivity contribution in [2.24, 2.45) is 11.7 Å². The molecule has 2 atom stereocenters. The van der Waals surface area contributed by atoms with Gasteiger partial charge in [-0.15, -0.1) is 12.4 Å². The van der Waals surface area contributed by atoms with Crippen molar-refractivity contribution in [2.45, 2.75) is 57.9 Å². The fraction of sp³-hybridized carbons (Fsp3) is 0.524. The lowest BCUT2D eigenvalue weighted by Gasteiger charge is -2.31. The van der Waals surface area contributed by atoms with Crippen LogP contribution < -0.4 is 11.1 Å². The van der Waals surface area contributed by atoms with Crippen LogP contribution in [-0.4, -0.2) is 28.3 Å². The summed E-state index contributed by atoms with van der Waals surface area (Å²) in [7, 11) is 0. The molecule has 2 aromatic rings. The Morgan fingerprint density at radius 3 is 2.82 bits per heavy atom. The van der Waals surface area contributed by atoms with E-state index >= 15 is 0 Å². The standard InChI is InChI=1S/C21H27FN4O.ClH/c1-13-9-10-19(16(22)11-13)26-18-8-4-6-15(18)20(25-26)21(27)24-17-7-3-2-5-14(17)12-23;/h9-11,14,17H,2-8,12,23H2,1H3,(H,24,27);1H. The Labute approximate surface area is 171 Å². The number of fused-ring (bicyclic) bond motifs is 1. The molecule has 0 bridgehead atoms. The van der Waals surface area contributed by atoms with Crippen LogP contribution in [0.25, 0.3) is 5.69 Å². The molecular weight excluding hydrogens is 379 g/mol. The van der Waals surface area contributed by atoms with Crippen molar-refractivity contribution in [3.63, 3.8) is 0 Å². The van der Waals surface area contributed by atoms with Gasteiger partial charge in [0.1, 0.15) is 11.5 Å². The Hall–Kier alpha value is -1.92. The van der Waals surface area contributed by atoms with Crippen LogP contribution >= 0.6 is 12.4 Å². The van der Waals surface area contributed by atoms with Crippen molar-refractivity contribution >= 4 is 18.3 Å². The summed E-state index contributed by atoms with van der Waals surface area (Å²) in [6, 6.07) is 5.22. The van der Waals surface area contributed by atoms with E-state index in [1.54, 1.807) is 10.7 Å². The molecule has 0 saturated heterocycles. The van der Waals surface area contributed by atoms with Crippen molar-refractivity contribution in [2.75, 3.05) is 6.54 Å². The summed E-state index contributed by atoms with van der Waals surface area (Å²) in [5.41, 5.74) is 9.54. The first-order valence-electron chi connectivity index (χ1n) is 9.96. The SMILES string of the molecule is Cc1ccc(-n2nc(C(=O)NC3CCCCC3CN)c3c2CCC3)c(F)c1.Cl. The fourth-order valence-electron chi connectivity index (χ4n) is 4.52. The van der Waals surface area contributed by atoms with Crippen LogP contribution in [0.4, 0.5) is 4.39 Å². The first-order chi connectivity index (χ1) is 13.1. The second-order valence-corrected chi connectivity index (χ2v) is 7.85. The number of benzene rings is 1. The maximum absolute atomic E-state index is 14.5. The molecule has 1 saturated carbocycles. The van der Waals surface area contributed by atoms with Gasteiger partial charge >= 0.3 is 0 Å². The number of aryl methyl sites for hydroxylation is 1. The van der Waals surface area contributed by atoms with Crippen LogP contribution in [0.1, 0.15) is 59.4 Å². The van der Waals surface area contributed by atoms with E-state index in [0.717, 1.165) is 55.3 Å². The van der Waals surface area contributed by atoms with Gasteiger partial charge < -0.3 is 11.1 Å². The lowest BCUT2D eigenvalue weighted by molar-refractivity contribution is 0.0901. The van der Waals surface area contributed by atoms with E-state index in [1.165, 1.54) is 12.5 Å². The zero-order valence-corrected chi connectivity index (χ0v) is 17.0. The van der Waals surface area contributed by atoms with Gasteiger partial charge in [0, 0.05) is 17.3 Å². The molecule has 3 N–H and O–H groups in total. The van der Waals surface area contributed by atoms with E-state index in [1.807, 2.05) is 13.0 Å². The molecule has 1 aromatic carbocycles. The zero-order chi connectivity index (χ0) is 19.0. The molecule has 7 heteroatoms. The van der Waals surface area contributed by atoms with Gasteiger partial charge in [0.25, 0.3) is 5.91 Å². The highest BCUT2D eigenvalue weighted by atomic mass is 35.5. The number of carbonyl (C=O) groups excluding carboxylic acids is 1. The highest BCUT2D eigenvalue weighted by Crippen LogP contribution is 2.30. The molecule has 2 aliphatic carbocycles. The first kappa shape index (κ1) is 20.8. The third-order valence-electron chi connectivity index (χ3n) is 6.00. The van der Waals surface area contributed by atoms with Gasteiger partial charge in [0.15, 0.2) is 5.69 Å². The predicted octanol–water partition coefficient (Wildman–Crippen LogP) is 3.48. The third kappa shape index (κ3) is 3.80. The van der Waals surface area contributed by atoms with Crippen molar-refractivity contribution in [1.82, 2.24) is 15.1 Å². The van der Waals surface area contributed by atoms with Gasteiger partial charge in [0.2, 0.25) is 0 Å². The average Bonchev–Trinajstić information content (AvgIpc) is 3.25. The topological polar surface area (TPSA) is 72.9 Å². The predicted molar refractivity (Wildman–Crippen MR) is 110 cm³/mol. The summed E-state index contributed by atoms with van der Waals surface area (Å²) in [6.45, 7) is 2.45. The molecule has 0 aliphatic heterocycles. The largest absolute Gasteiger partial charge is 0.348 e. The lowest BCUT2D eigenvalue weighted by atomic mass is 9.84. The highest BCUT2D eigenvalue weighted by molar-refractivity contribution is 5.94. The Bertz CT molecular complexity index is 866. The Morgan fingerprint density at radius 1 is 1.29 bits per heavy atom. The Morgan fingerprint density at radius 2 is 2.07 bits per heavy atom. The number of carbonyl (C=O) groups is 1. The average molecular weight is 407 g/mol. The van der Waals surface area contributed by atoms with E-state index < -0.39 is 0 Å². The number of aromatic nitrogens is 2. The molecule has 4 rings (SSSR count). The van der Waals surface area contributed by atoms with E-state index in [9.17, 15) is 9.18 Å². The summed E-state index contributed by atoms with van der Waals surface area (Å²) >= 11 is 0. The number of nitrogens with two attached hydrogens (primary N) is 1. The number of hydrogen-bond donors (Lipinski definition) is 2. The Balaban J connectivity index is 0.00000225. The fourth-order valence-corrected chi connectivity index (χ4v) is 4.52. The van der Waals surface area contributed by atoms with Crippen molar-refractivity contribution in [3.8, 4) is 5.69 Å². The summed E-state index contributed by atoms with van der Waals surface area (Å²) in [5, 5.41) is 7.71. The van der Waals surface area contributed by atoms with Gasteiger partial charge in [-0.05, 0) is 69.2 Å². The van der Waals surface area contributed by atoms with Crippen molar-refractivity contribution in [1.29, 1.82) is 0 Å². The number of nitrogens with zero attached hydrogens (tertiary/aromatic N) is 2. The van der Waals surface area contributed by atoms with Gasteiger partial charge in [0.05, 0.1) is 0 Å². The number of halogens is 2.